The van der Waals surface area contributed by atoms with Crippen LogP contribution in [0, 0.1) is 0 Å². The van der Waals surface area contributed by atoms with Gasteiger partial charge in [0.25, 0.3) is 0 Å². The zero-order valence-corrected chi connectivity index (χ0v) is 10.5. The van der Waals surface area contributed by atoms with Crippen LogP contribution < -0.4 is 10.1 Å². The van der Waals surface area contributed by atoms with Crippen molar-refractivity contribution in [2.45, 2.75) is 52.7 Å². The van der Waals surface area contributed by atoms with E-state index in [1.165, 1.54) is 0 Å². The molecule has 0 amide bonds. The average molecular weight is 223 g/mol. The van der Waals surface area contributed by atoms with Crippen molar-refractivity contribution < 1.29 is 4.74 Å². The van der Waals surface area contributed by atoms with Gasteiger partial charge in [-0.2, -0.15) is 4.98 Å². The first kappa shape index (κ1) is 12.7. The summed E-state index contributed by atoms with van der Waals surface area (Å²) in [5.41, 5.74) is 0. The molecule has 0 aliphatic heterocycles. The number of rotatable bonds is 6. The lowest BCUT2D eigenvalue weighted by atomic mass is 10.2. The van der Waals surface area contributed by atoms with Crippen molar-refractivity contribution in [3.63, 3.8) is 0 Å². The highest BCUT2D eigenvalue weighted by Crippen LogP contribution is 2.12. The molecule has 0 atom stereocenters. The molecular weight excluding hydrogens is 202 g/mol. The molecule has 4 nitrogen and oxygen atoms in total. The summed E-state index contributed by atoms with van der Waals surface area (Å²) in [6, 6.07) is 2.20. The molecule has 0 saturated heterocycles. The van der Waals surface area contributed by atoms with Crippen LogP contribution in [0.1, 0.15) is 40.5 Å². The minimum absolute atomic E-state index is 0.135. The van der Waals surface area contributed by atoms with Gasteiger partial charge in [-0.05, 0) is 26.7 Å². The Labute approximate surface area is 97.5 Å². The minimum atomic E-state index is 0.135. The van der Waals surface area contributed by atoms with Gasteiger partial charge in [-0.15, -0.1) is 0 Å². The summed E-state index contributed by atoms with van der Waals surface area (Å²) in [5.74, 6) is 1.27. The predicted octanol–water partition coefficient (Wildman–Crippen LogP) is 2.86. The Balaban J connectivity index is 2.66. The van der Waals surface area contributed by atoms with Crippen LogP contribution in [0.5, 0.6) is 5.88 Å². The van der Waals surface area contributed by atoms with E-state index in [2.05, 4.69) is 29.1 Å². The summed E-state index contributed by atoms with van der Waals surface area (Å²) in [5, 5.41) is 3.29. The fraction of sp³-hybridized carbons (Fsp3) is 0.667. The van der Waals surface area contributed by atoms with Crippen LogP contribution in [0.25, 0.3) is 0 Å². The van der Waals surface area contributed by atoms with E-state index < -0.39 is 0 Å². The van der Waals surface area contributed by atoms with Crippen molar-refractivity contribution in [2.75, 3.05) is 5.32 Å². The summed E-state index contributed by atoms with van der Waals surface area (Å²) < 4.78 is 5.51. The first-order valence-corrected chi connectivity index (χ1v) is 5.91. The van der Waals surface area contributed by atoms with Crippen LogP contribution in [-0.4, -0.2) is 22.1 Å². The van der Waals surface area contributed by atoms with E-state index in [0.717, 1.165) is 12.8 Å². The SMILES string of the molecule is CCC(CC)Nc1nccc(OC(C)C)n1. The Morgan fingerprint density at radius 3 is 2.56 bits per heavy atom. The van der Waals surface area contributed by atoms with Crippen LogP contribution >= 0.6 is 0 Å². The number of nitrogens with zero attached hydrogens (tertiary/aromatic N) is 2. The topological polar surface area (TPSA) is 47.0 Å². The van der Waals surface area contributed by atoms with Gasteiger partial charge in [-0.25, -0.2) is 4.98 Å². The lowest BCUT2D eigenvalue weighted by Gasteiger charge is -2.15. The van der Waals surface area contributed by atoms with Gasteiger partial charge in [-0.1, -0.05) is 13.8 Å². The highest BCUT2D eigenvalue weighted by Gasteiger charge is 2.06. The number of nitrogens with one attached hydrogen (secondary N) is 1. The van der Waals surface area contributed by atoms with Crippen LogP contribution in [-0.2, 0) is 0 Å². The lowest BCUT2D eigenvalue weighted by Crippen LogP contribution is -2.19. The van der Waals surface area contributed by atoms with Crippen molar-refractivity contribution in [3.8, 4) is 5.88 Å². The van der Waals surface area contributed by atoms with E-state index in [4.69, 9.17) is 4.74 Å². The molecule has 0 bridgehead atoms. The third-order valence-corrected chi connectivity index (χ3v) is 2.31. The number of ether oxygens (including phenoxy) is 1. The summed E-state index contributed by atoms with van der Waals surface area (Å²) in [4.78, 5) is 8.48. The molecule has 0 aromatic carbocycles. The number of hydrogen-bond donors (Lipinski definition) is 1. The summed E-state index contributed by atoms with van der Waals surface area (Å²) in [6.07, 6.45) is 3.98. The Bertz CT molecular complexity index is 311. The molecule has 0 aliphatic carbocycles. The molecular formula is C12H21N3O. The molecule has 16 heavy (non-hydrogen) atoms. The van der Waals surface area contributed by atoms with E-state index in [-0.39, 0.29) is 6.10 Å². The summed E-state index contributed by atoms with van der Waals surface area (Å²) in [7, 11) is 0. The largest absolute Gasteiger partial charge is 0.475 e. The second-order valence-corrected chi connectivity index (χ2v) is 4.04. The second kappa shape index (κ2) is 6.30. The standard InChI is InChI=1S/C12H21N3O/c1-5-10(6-2)14-12-13-8-7-11(15-12)16-9(3)4/h7-10H,5-6H2,1-4H3,(H,13,14,15). The van der Waals surface area contributed by atoms with E-state index in [1.54, 1.807) is 12.3 Å². The molecule has 0 aliphatic rings. The minimum Gasteiger partial charge on any atom is -0.475 e. The van der Waals surface area contributed by atoms with Crippen molar-refractivity contribution in [1.82, 2.24) is 9.97 Å². The van der Waals surface area contributed by atoms with Gasteiger partial charge in [-0.3, -0.25) is 0 Å². The Morgan fingerprint density at radius 2 is 2.00 bits per heavy atom. The van der Waals surface area contributed by atoms with Gasteiger partial charge in [0.2, 0.25) is 11.8 Å². The normalized spacial score (nSPS) is 10.9. The third kappa shape index (κ3) is 4.04. The predicted molar refractivity (Wildman–Crippen MR) is 65.8 cm³/mol. The van der Waals surface area contributed by atoms with Gasteiger partial charge < -0.3 is 10.1 Å². The Morgan fingerprint density at radius 1 is 1.31 bits per heavy atom. The highest BCUT2D eigenvalue weighted by atomic mass is 16.5. The molecule has 1 aromatic rings. The molecule has 0 spiro atoms. The van der Waals surface area contributed by atoms with Gasteiger partial charge in [0.05, 0.1) is 6.10 Å². The average Bonchev–Trinajstić information content (AvgIpc) is 2.25. The fourth-order valence-corrected chi connectivity index (χ4v) is 1.39. The Hall–Kier alpha value is -1.32. The molecule has 90 valence electrons. The Kier molecular flexibility index (Phi) is 5.02. The smallest absolute Gasteiger partial charge is 0.226 e. The molecule has 0 saturated carbocycles. The van der Waals surface area contributed by atoms with Crippen LogP contribution in [0.15, 0.2) is 12.3 Å². The molecule has 0 unspecified atom stereocenters. The molecule has 1 N–H and O–H groups in total. The van der Waals surface area contributed by atoms with E-state index in [1.807, 2.05) is 13.8 Å². The van der Waals surface area contributed by atoms with Gasteiger partial charge in [0.15, 0.2) is 0 Å². The zero-order chi connectivity index (χ0) is 12.0. The monoisotopic (exact) mass is 223 g/mol. The lowest BCUT2D eigenvalue weighted by molar-refractivity contribution is 0.232. The van der Waals surface area contributed by atoms with Gasteiger partial charge >= 0.3 is 0 Å². The molecule has 1 rings (SSSR count). The first-order chi connectivity index (χ1) is 7.65. The molecule has 4 heteroatoms. The van der Waals surface area contributed by atoms with Crippen molar-refractivity contribution in [1.29, 1.82) is 0 Å². The van der Waals surface area contributed by atoms with E-state index in [9.17, 15) is 0 Å². The maximum atomic E-state index is 5.51. The van der Waals surface area contributed by atoms with E-state index >= 15 is 0 Å². The summed E-state index contributed by atoms with van der Waals surface area (Å²) in [6.45, 7) is 8.26. The first-order valence-electron chi connectivity index (χ1n) is 5.91. The van der Waals surface area contributed by atoms with Crippen molar-refractivity contribution >= 4 is 5.95 Å². The highest BCUT2D eigenvalue weighted by molar-refractivity contribution is 5.28. The molecule has 0 radical (unpaired) electrons. The molecule has 1 heterocycles. The van der Waals surface area contributed by atoms with Crippen LogP contribution in [0.4, 0.5) is 5.95 Å². The zero-order valence-electron chi connectivity index (χ0n) is 10.5. The molecule has 0 fully saturated rings. The maximum absolute atomic E-state index is 5.51. The van der Waals surface area contributed by atoms with Crippen molar-refractivity contribution in [3.05, 3.63) is 12.3 Å². The fourth-order valence-electron chi connectivity index (χ4n) is 1.39. The van der Waals surface area contributed by atoms with E-state index in [0.29, 0.717) is 17.9 Å². The quantitative estimate of drug-likeness (QED) is 0.805. The second-order valence-electron chi connectivity index (χ2n) is 4.04. The van der Waals surface area contributed by atoms with Gasteiger partial charge in [0.1, 0.15) is 0 Å². The number of hydrogen-bond acceptors (Lipinski definition) is 4. The number of anilines is 1. The van der Waals surface area contributed by atoms with Crippen LogP contribution in [0.2, 0.25) is 0 Å². The van der Waals surface area contributed by atoms with Crippen LogP contribution in [0.3, 0.4) is 0 Å². The summed E-state index contributed by atoms with van der Waals surface area (Å²) >= 11 is 0. The molecule has 1 aromatic heterocycles. The maximum Gasteiger partial charge on any atom is 0.226 e. The van der Waals surface area contributed by atoms with Gasteiger partial charge in [0, 0.05) is 18.3 Å². The van der Waals surface area contributed by atoms with Crippen molar-refractivity contribution in [2.24, 2.45) is 0 Å². The number of aromatic nitrogens is 2. The third-order valence-electron chi connectivity index (χ3n) is 2.31.